The van der Waals surface area contributed by atoms with Crippen LogP contribution in [0.15, 0.2) is 34.8 Å². The van der Waals surface area contributed by atoms with Crippen LogP contribution in [0, 0.1) is 0 Å². The number of hydrogen-bond acceptors (Lipinski definition) is 4. The topological polar surface area (TPSA) is 75.1 Å². The van der Waals surface area contributed by atoms with E-state index < -0.39 is 0 Å². The van der Waals surface area contributed by atoms with Crippen molar-refractivity contribution in [1.29, 1.82) is 0 Å². The first-order valence-electron chi connectivity index (χ1n) is 9.87. The molecule has 0 fully saturated rings. The number of ether oxygens (including phenoxy) is 2. The summed E-state index contributed by atoms with van der Waals surface area (Å²) in [5, 5.41) is 15.6. The molecule has 0 aliphatic heterocycles. The van der Waals surface area contributed by atoms with E-state index in [1.165, 1.54) is 25.7 Å². The summed E-state index contributed by atoms with van der Waals surface area (Å²) in [4.78, 5) is 4.67. The summed E-state index contributed by atoms with van der Waals surface area (Å²) < 4.78 is 10.8. The number of methoxy groups -OCH3 is 1. The number of nitrogens with zero attached hydrogens (tertiary/aromatic N) is 1. The van der Waals surface area contributed by atoms with Crippen LogP contribution in [0.2, 0.25) is 0 Å². The summed E-state index contributed by atoms with van der Waals surface area (Å²) in [7, 11) is 1.61. The highest BCUT2D eigenvalue weighted by Gasteiger charge is 2.07. The minimum atomic E-state index is -0.0240. The van der Waals surface area contributed by atoms with E-state index in [2.05, 4.69) is 28.6 Å². The van der Waals surface area contributed by atoms with Gasteiger partial charge in [0, 0.05) is 13.1 Å². The molecule has 0 bridgehead atoms. The molecule has 3 N–H and O–H groups in total. The molecule has 1 aliphatic carbocycles. The van der Waals surface area contributed by atoms with Crippen LogP contribution in [0.4, 0.5) is 0 Å². The fraction of sp³-hybridized carbons (Fsp3) is 0.571. The number of hydrogen-bond donors (Lipinski definition) is 3. The molecule has 2 rings (SSSR count). The third kappa shape index (κ3) is 8.68. The van der Waals surface area contributed by atoms with Crippen molar-refractivity contribution in [3.63, 3.8) is 0 Å². The second-order valence-corrected chi connectivity index (χ2v) is 6.54. The maximum Gasteiger partial charge on any atom is 0.191 e. The minimum Gasteiger partial charge on any atom is -0.493 e. The van der Waals surface area contributed by atoms with Gasteiger partial charge in [0.05, 0.1) is 20.3 Å². The van der Waals surface area contributed by atoms with Crippen LogP contribution in [-0.4, -0.2) is 44.5 Å². The number of benzene rings is 1. The van der Waals surface area contributed by atoms with Crippen molar-refractivity contribution < 1.29 is 14.6 Å². The number of aliphatic hydroxyl groups is 1. The molecular formula is C21H34IN3O3. The normalized spacial score (nSPS) is 14.0. The molecule has 0 amide bonds. The van der Waals surface area contributed by atoms with Gasteiger partial charge in [0.1, 0.15) is 6.61 Å². The lowest BCUT2D eigenvalue weighted by Gasteiger charge is -2.15. The summed E-state index contributed by atoms with van der Waals surface area (Å²) in [5.41, 5.74) is 2.60. The molecule has 1 aromatic carbocycles. The van der Waals surface area contributed by atoms with Crippen LogP contribution in [0.1, 0.15) is 44.6 Å². The van der Waals surface area contributed by atoms with Crippen molar-refractivity contribution in [2.75, 3.05) is 33.4 Å². The van der Waals surface area contributed by atoms with Gasteiger partial charge in [-0.15, -0.1) is 24.0 Å². The average molecular weight is 503 g/mol. The minimum absolute atomic E-state index is 0. The Labute approximate surface area is 185 Å². The Kier molecular flexibility index (Phi) is 12.7. The number of aliphatic hydroxyl groups excluding tert-OH is 1. The molecule has 0 aromatic heterocycles. The van der Waals surface area contributed by atoms with Gasteiger partial charge in [0.2, 0.25) is 0 Å². The molecule has 28 heavy (non-hydrogen) atoms. The number of halogens is 1. The Bertz CT molecular complexity index is 635. The quantitative estimate of drug-likeness (QED) is 0.197. The first-order chi connectivity index (χ1) is 13.3. The summed E-state index contributed by atoms with van der Waals surface area (Å²) in [6, 6.07) is 5.75. The highest BCUT2D eigenvalue weighted by atomic mass is 127. The number of rotatable bonds is 10. The summed E-state index contributed by atoms with van der Waals surface area (Å²) >= 11 is 0. The molecule has 0 atom stereocenters. The second kappa shape index (κ2) is 14.5. The molecule has 1 aliphatic rings. The zero-order valence-corrected chi connectivity index (χ0v) is 19.3. The van der Waals surface area contributed by atoms with Crippen molar-refractivity contribution >= 4 is 29.9 Å². The van der Waals surface area contributed by atoms with Crippen molar-refractivity contribution in [2.45, 2.75) is 45.6 Å². The van der Waals surface area contributed by atoms with Gasteiger partial charge < -0.3 is 25.2 Å². The Hall–Kier alpha value is -1.48. The third-order valence-corrected chi connectivity index (χ3v) is 4.46. The second-order valence-electron chi connectivity index (χ2n) is 6.54. The Morgan fingerprint density at radius 2 is 2.07 bits per heavy atom. The lowest BCUT2D eigenvalue weighted by molar-refractivity contribution is 0.196. The third-order valence-electron chi connectivity index (χ3n) is 4.46. The first-order valence-corrected chi connectivity index (χ1v) is 9.87. The van der Waals surface area contributed by atoms with Gasteiger partial charge in [0.15, 0.2) is 17.5 Å². The van der Waals surface area contributed by atoms with Crippen molar-refractivity contribution in [3.8, 4) is 11.5 Å². The zero-order valence-electron chi connectivity index (χ0n) is 17.0. The Balaban J connectivity index is 0.00000392. The van der Waals surface area contributed by atoms with Crippen LogP contribution in [0.3, 0.4) is 0 Å². The van der Waals surface area contributed by atoms with E-state index in [0.29, 0.717) is 18.0 Å². The standard InChI is InChI=1S/C21H33N3O3.HI/c1-3-22-21(23-12-11-17-7-5-4-6-8-17)24-16-18-9-10-19(27-14-13-25)20(15-18)26-2;/h7,9-10,15,25H,3-6,8,11-14,16H2,1-2H3,(H2,22,23,24);1H. The molecule has 0 heterocycles. The van der Waals surface area contributed by atoms with Crippen molar-refractivity contribution in [2.24, 2.45) is 4.99 Å². The van der Waals surface area contributed by atoms with E-state index in [-0.39, 0.29) is 37.2 Å². The fourth-order valence-electron chi connectivity index (χ4n) is 3.07. The molecule has 1 aromatic rings. The van der Waals surface area contributed by atoms with Crippen LogP contribution in [-0.2, 0) is 6.54 Å². The van der Waals surface area contributed by atoms with Gasteiger partial charge in [0.25, 0.3) is 0 Å². The smallest absolute Gasteiger partial charge is 0.191 e. The molecule has 0 radical (unpaired) electrons. The van der Waals surface area contributed by atoms with Gasteiger partial charge in [-0.05, 0) is 56.7 Å². The molecule has 0 spiro atoms. The van der Waals surface area contributed by atoms with Gasteiger partial charge in [-0.1, -0.05) is 17.7 Å². The lowest BCUT2D eigenvalue weighted by Crippen LogP contribution is -2.37. The summed E-state index contributed by atoms with van der Waals surface area (Å²) in [6.45, 7) is 4.56. The van der Waals surface area contributed by atoms with Crippen molar-refractivity contribution in [3.05, 3.63) is 35.4 Å². The Morgan fingerprint density at radius 3 is 2.75 bits per heavy atom. The van der Waals surface area contributed by atoms with E-state index in [1.54, 1.807) is 12.7 Å². The van der Waals surface area contributed by atoms with Crippen LogP contribution >= 0.6 is 24.0 Å². The van der Waals surface area contributed by atoms with E-state index in [9.17, 15) is 0 Å². The number of aliphatic imine (C=N–C) groups is 1. The fourth-order valence-corrected chi connectivity index (χ4v) is 3.07. The van der Waals surface area contributed by atoms with E-state index >= 15 is 0 Å². The molecule has 158 valence electrons. The molecule has 0 saturated heterocycles. The van der Waals surface area contributed by atoms with Gasteiger partial charge in [-0.2, -0.15) is 0 Å². The largest absolute Gasteiger partial charge is 0.493 e. The number of nitrogens with one attached hydrogen (secondary N) is 2. The van der Waals surface area contributed by atoms with E-state index in [1.807, 2.05) is 18.2 Å². The summed E-state index contributed by atoms with van der Waals surface area (Å²) in [5.74, 6) is 2.11. The molecule has 0 saturated carbocycles. The maximum absolute atomic E-state index is 8.89. The highest BCUT2D eigenvalue weighted by molar-refractivity contribution is 14.0. The summed E-state index contributed by atoms with van der Waals surface area (Å²) in [6.07, 6.45) is 8.58. The van der Waals surface area contributed by atoms with Gasteiger partial charge >= 0.3 is 0 Å². The molecule has 6 nitrogen and oxygen atoms in total. The SMILES string of the molecule is CCNC(=NCc1ccc(OCCO)c(OC)c1)NCCC1=CCCCC1.I. The first kappa shape index (κ1) is 24.6. The van der Waals surface area contributed by atoms with Crippen LogP contribution in [0.5, 0.6) is 11.5 Å². The van der Waals surface area contributed by atoms with Gasteiger partial charge in [-0.25, -0.2) is 4.99 Å². The molecule has 0 unspecified atom stereocenters. The van der Waals surface area contributed by atoms with E-state index in [0.717, 1.165) is 31.0 Å². The van der Waals surface area contributed by atoms with Crippen LogP contribution < -0.4 is 20.1 Å². The molecule has 7 heteroatoms. The monoisotopic (exact) mass is 503 g/mol. The Morgan fingerprint density at radius 1 is 1.21 bits per heavy atom. The van der Waals surface area contributed by atoms with Crippen molar-refractivity contribution in [1.82, 2.24) is 10.6 Å². The predicted molar refractivity (Wildman–Crippen MR) is 125 cm³/mol. The molecular weight excluding hydrogens is 469 g/mol. The maximum atomic E-state index is 8.89. The van der Waals surface area contributed by atoms with Gasteiger partial charge in [-0.3, -0.25) is 0 Å². The van der Waals surface area contributed by atoms with E-state index in [4.69, 9.17) is 14.6 Å². The lowest BCUT2D eigenvalue weighted by atomic mass is 9.97. The average Bonchev–Trinajstić information content (AvgIpc) is 2.71. The van der Waals surface area contributed by atoms with Crippen LogP contribution in [0.25, 0.3) is 0 Å². The number of allylic oxidation sites excluding steroid dienone is 1. The zero-order chi connectivity index (χ0) is 19.3. The highest BCUT2D eigenvalue weighted by Crippen LogP contribution is 2.28. The predicted octanol–water partition coefficient (Wildman–Crippen LogP) is 3.63. The number of guanidine groups is 1.